The third-order valence-corrected chi connectivity index (χ3v) is 4.54. The van der Waals surface area contributed by atoms with Crippen molar-refractivity contribution in [1.82, 2.24) is 10.2 Å². The van der Waals surface area contributed by atoms with E-state index in [-0.39, 0.29) is 5.91 Å². The predicted molar refractivity (Wildman–Crippen MR) is 76.6 cm³/mol. The Balaban J connectivity index is 1.49. The van der Waals surface area contributed by atoms with Crippen LogP contribution in [0.25, 0.3) is 10.8 Å². The van der Waals surface area contributed by atoms with Gasteiger partial charge in [-0.3, -0.25) is 4.79 Å². The minimum Gasteiger partial charge on any atom is -0.471 e. The summed E-state index contributed by atoms with van der Waals surface area (Å²) in [4.78, 5) is 14.8. The van der Waals surface area contributed by atoms with E-state index in [1.54, 1.807) is 12.5 Å². The van der Waals surface area contributed by atoms with Crippen LogP contribution in [-0.4, -0.2) is 36.5 Å². The molecule has 3 heterocycles. The fourth-order valence-electron chi connectivity index (χ4n) is 3.54. The second-order valence-corrected chi connectivity index (χ2v) is 6.04. The average Bonchev–Trinajstić information content (AvgIpc) is 3.04. The van der Waals surface area contributed by atoms with Crippen LogP contribution in [0.5, 0.6) is 0 Å². The summed E-state index contributed by atoms with van der Waals surface area (Å²) in [7, 11) is 0. The van der Waals surface area contributed by atoms with Crippen LogP contribution >= 0.6 is 0 Å². The van der Waals surface area contributed by atoms with E-state index in [1.807, 2.05) is 18.2 Å². The van der Waals surface area contributed by atoms with Crippen molar-refractivity contribution in [2.75, 3.05) is 19.6 Å². The van der Waals surface area contributed by atoms with Gasteiger partial charge in [-0.2, -0.15) is 0 Å². The average molecular weight is 270 g/mol. The molecule has 0 saturated carbocycles. The highest BCUT2D eigenvalue weighted by atomic mass is 16.3. The maximum absolute atomic E-state index is 12.4. The lowest BCUT2D eigenvalue weighted by atomic mass is 9.96. The molecule has 20 heavy (non-hydrogen) atoms. The molecule has 0 aliphatic carbocycles. The van der Waals surface area contributed by atoms with E-state index < -0.39 is 0 Å². The summed E-state index contributed by atoms with van der Waals surface area (Å²) >= 11 is 0. The Kier molecular flexibility index (Phi) is 2.77. The molecule has 0 radical (unpaired) electrons. The molecule has 4 nitrogen and oxygen atoms in total. The number of carbonyl (C=O) groups excluding carboxylic acids is 1. The van der Waals surface area contributed by atoms with Gasteiger partial charge < -0.3 is 14.6 Å². The minimum atomic E-state index is 0.0283. The van der Waals surface area contributed by atoms with Gasteiger partial charge in [0.05, 0.1) is 12.5 Å². The van der Waals surface area contributed by atoms with Gasteiger partial charge in [-0.15, -0.1) is 0 Å². The smallest absolute Gasteiger partial charge is 0.251 e. The number of fused-ring (bicyclic) bond motifs is 3. The Morgan fingerprint density at radius 2 is 2.15 bits per heavy atom. The first-order valence-corrected chi connectivity index (χ1v) is 7.27. The highest BCUT2D eigenvalue weighted by Crippen LogP contribution is 2.27. The first-order chi connectivity index (χ1) is 9.78. The van der Waals surface area contributed by atoms with Crippen LogP contribution in [0.3, 0.4) is 0 Å². The zero-order valence-corrected chi connectivity index (χ0v) is 11.3. The van der Waals surface area contributed by atoms with Gasteiger partial charge in [0.2, 0.25) is 0 Å². The van der Waals surface area contributed by atoms with Gasteiger partial charge in [-0.05, 0) is 37.4 Å². The molecule has 0 spiro atoms. The molecule has 2 aliphatic heterocycles. The van der Waals surface area contributed by atoms with Crippen molar-refractivity contribution < 1.29 is 9.21 Å². The third-order valence-electron chi connectivity index (χ3n) is 4.54. The number of benzene rings is 1. The van der Waals surface area contributed by atoms with E-state index >= 15 is 0 Å². The zero-order chi connectivity index (χ0) is 13.5. The molecular weight excluding hydrogens is 252 g/mol. The fraction of sp³-hybridized carbons (Fsp3) is 0.438. The Labute approximate surface area is 117 Å². The summed E-state index contributed by atoms with van der Waals surface area (Å²) in [6.45, 7) is 3.40. The largest absolute Gasteiger partial charge is 0.471 e. The molecule has 2 aliphatic rings. The van der Waals surface area contributed by atoms with E-state index in [0.29, 0.717) is 11.6 Å². The number of carbonyl (C=O) groups is 1. The number of hydrogen-bond acceptors (Lipinski definition) is 3. The lowest BCUT2D eigenvalue weighted by molar-refractivity contribution is 0.0909. The molecule has 3 unspecified atom stereocenters. The Morgan fingerprint density at radius 3 is 3.05 bits per heavy atom. The van der Waals surface area contributed by atoms with Gasteiger partial charge in [0.15, 0.2) is 0 Å². The molecule has 104 valence electrons. The van der Waals surface area contributed by atoms with Crippen LogP contribution in [0.15, 0.2) is 35.1 Å². The quantitative estimate of drug-likeness (QED) is 0.910. The van der Waals surface area contributed by atoms with Gasteiger partial charge in [-0.25, -0.2) is 0 Å². The molecule has 2 saturated heterocycles. The van der Waals surface area contributed by atoms with Crippen LogP contribution in [0.1, 0.15) is 23.2 Å². The van der Waals surface area contributed by atoms with Gasteiger partial charge in [0, 0.05) is 35.5 Å². The second kappa shape index (κ2) is 4.63. The van der Waals surface area contributed by atoms with Crippen molar-refractivity contribution in [1.29, 1.82) is 0 Å². The summed E-state index contributed by atoms with van der Waals surface area (Å²) in [5.41, 5.74) is 0.715. The van der Waals surface area contributed by atoms with Crippen LogP contribution in [0.4, 0.5) is 0 Å². The summed E-state index contributed by atoms with van der Waals surface area (Å²) < 4.78 is 5.15. The third kappa shape index (κ3) is 2.10. The first-order valence-electron chi connectivity index (χ1n) is 7.27. The highest BCUT2D eigenvalue weighted by Gasteiger charge is 2.32. The second-order valence-electron chi connectivity index (χ2n) is 6.04. The van der Waals surface area contributed by atoms with E-state index in [4.69, 9.17) is 4.42 Å². The Morgan fingerprint density at radius 1 is 1.25 bits per heavy atom. The number of nitrogens with one attached hydrogen (secondary N) is 1. The molecule has 4 rings (SSSR count). The molecule has 2 aromatic rings. The molecule has 2 bridgehead atoms. The minimum absolute atomic E-state index is 0.0283. The molecule has 2 fully saturated rings. The van der Waals surface area contributed by atoms with E-state index in [1.165, 1.54) is 19.5 Å². The topological polar surface area (TPSA) is 45.5 Å². The van der Waals surface area contributed by atoms with E-state index in [0.717, 1.165) is 29.7 Å². The Bertz CT molecular complexity index is 637. The monoisotopic (exact) mass is 270 g/mol. The number of nitrogens with zero attached hydrogens (tertiary/aromatic N) is 1. The maximum Gasteiger partial charge on any atom is 0.251 e. The highest BCUT2D eigenvalue weighted by molar-refractivity contribution is 5.98. The van der Waals surface area contributed by atoms with Gasteiger partial charge in [0.25, 0.3) is 5.91 Å². The fourth-order valence-corrected chi connectivity index (χ4v) is 3.54. The van der Waals surface area contributed by atoms with Crippen molar-refractivity contribution >= 4 is 16.7 Å². The van der Waals surface area contributed by atoms with Crippen molar-refractivity contribution in [3.05, 3.63) is 36.3 Å². The Hall–Kier alpha value is -1.81. The number of amides is 1. The zero-order valence-electron chi connectivity index (χ0n) is 11.3. The van der Waals surface area contributed by atoms with Crippen molar-refractivity contribution in [3.63, 3.8) is 0 Å². The normalized spacial score (nSPS) is 28.7. The number of hydrogen-bond donors (Lipinski definition) is 1. The summed E-state index contributed by atoms with van der Waals surface area (Å²) in [6.07, 6.45) is 5.78. The molecule has 1 aromatic heterocycles. The molecule has 1 aromatic carbocycles. The summed E-state index contributed by atoms with van der Waals surface area (Å²) in [5, 5.41) is 5.19. The molecule has 1 amide bonds. The molecular formula is C16H18N2O2. The SMILES string of the molecule is O=C(NC1CC2CCN(C2)C1)c1ccc2cocc2c1. The van der Waals surface area contributed by atoms with Gasteiger partial charge in [0.1, 0.15) is 0 Å². The number of furan rings is 1. The summed E-state index contributed by atoms with van der Waals surface area (Å²) in [6, 6.07) is 5.99. The first kappa shape index (κ1) is 12.0. The summed E-state index contributed by atoms with van der Waals surface area (Å²) in [5.74, 6) is 0.797. The lowest BCUT2D eigenvalue weighted by Gasteiger charge is -2.30. The van der Waals surface area contributed by atoms with Gasteiger partial charge >= 0.3 is 0 Å². The predicted octanol–water partition coefficient (Wildman–Crippen LogP) is 2.26. The van der Waals surface area contributed by atoms with Crippen LogP contribution < -0.4 is 5.32 Å². The van der Waals surface area contributed by atoms with Crippen molar-refractivity contribution in [2.45, 2.75) is 18.9 Å². The van der Waals surface area contributed by atoms with Crippen molar-refractivity contribution in [3.8, 4) is 0 Å². The van der Waals surface area contributed by atoms with Crippen LogP contribution in [0, 0.1) is 5.92 Å². The lowest BCUT2D eigenvalue weighted by Crippen LogP contribution is -2.47. The van der Waals surface area contributed by atoms with Crippen LogP contribution in [0.2, 0.25) is 0 Å². The number of piperidine rings is 1. The van der Waals surface area contributed by atoms with E-state index in [9.17, 15) is 4.79 Å². The molecule has 4 heteroatoms. The molecule has 1 N–H and O–H groups in total. The molecule has 3 atom stereocenters. The standard InChI is InChI=1S/C16H18N2O2/c19-16(12-1-2-13-9-20-10-14(13)6-12)17-15-5-11-3-4-18(7-11)8-15/h1-2,6,9-11,15H,3-5,7-8H2,(H,17,19). The maximum atomic E-state index is 12.4. The van der Waals surface area contributed by atoms with Crippen molar-refractivity contribution in [2.24, 2.45) is 5.92 Å². The van der Waals surface area contributed by atoms with E-state index in [2.05, 4.69) is 10.2 Å². The van der Waals surface area contributed by atoms with Crippen LogP contribution in [-0.2, 0) is 0 Å². The number of rotatable bonds is 2. The van der Waals surface area contributed by atoms with Gasteiger partial charge in [-0.1, -0.05) is 6.07 Å².